The van der Waals surface area contributed by atoms with Gasteiger partial charge < -0.3 is 4.52 Å². The average Bonchev–Trinajstić information content (AvgIpc) is 3.24. The Morgan fingerprint density at radius 2 is 1.84 bits per heavy atom. The fraction of sp³-hybridized carbons (Fsp3) is 0.300. The Bertz CT molecular complexity index is 1180. The zero-order valence-corrected chi connectivity index (χ0v) is 16.8. The normalized spacial score (nSPS) is 18.3. The van der Waals surface area contributed by atoms with Crippen LogP contribution in [0.15, 0.2) is 57.9 Å². The molecule has 1 saturated heterocycles. The van der Waals surface area contributed by atoms with Crippen molar-refractivity contribution in [1.82, 2.24) is 14.4 Å². The number of sulfonamides is 1. The van der Waals surface area contributed by atoms with Crippen LogP contribution in [0.2, 0.25) is 0 Å². The third-order valence-electron chi connectivity index (χ3n) is 5.08. The van der Waals surface area contributed by atoms with Gasteiger partial charge in [-0.1, -0.05) is 11.2 Å². The topological polar surface area (TPSA) is 76.3 Å². The van der Waals surface area contributed by atoms with Crippen LogP contribution in [0.4, 0.5) is 17.6 Å². The van der Waals surface area contributed by atoms with E-state index in [1.54, 1.807) is 0 Å². The first-order valence-corrected chi connectivity index (χ1v) is 10.9. The van der Waals surface area contributed by atoms with Crippen molar-refractivity contribution in [3.63, 3.8) is 0 Å². The van der Waals surface area contributed by atoms with Crippen molar-refractivity contribution in [1.29, 1.82) is 0 Å². The van der Waals surface area contributed by atoms with Crippen LogP contribution in [0.3, 0.4) is 0 Å². The molecule has 2 aromatic carbocycles. The molecule has 3 aromatic rings. The van der Waals surface area contributed by atoms with Crippen LogP contribution in [0.25, 0.3) is 11.4 Å². The van der Waals surface area contributed by atoms with E-state index in [0.29, 0.717) is 24.5 Å². The standard InChI is InChI=1S/C20H17F4N3O3S/c21-16-8-6-13(7-9-16)18-25-19(30-26-18)14-3-2-10-27(12-14)31(28,29)17-5-1-4-15(11-17)20(22,23)24/h1,4-9,11,14H,2-3,10,12H2/t14-/m1/s1. The molecule has 1 atom stereocenters. The van der Waals surface area contributed by atoms with E-state index in [9.17, 15) is 26.0 Å². The van der Waals surface area contributed by atoms with Crippen molar-refractivity contribution < 1.29 is 30.5 Å². The predicted octanol–water partition coefficient (Wildman–Crippen LogP) is 4.46. The highest BCUT2D eigenvalue weighted by Crippen LogP contribution is 2.33. The SMILES string of the molecule is O=S(=O)(c1cccc(C(F)(F)F)c1)N1CCC[C@@H](c2nc(-c3ccc(F)cc3)no2)C1. The lowest BCUT2D eigenvalue weighted by Gasteiger charge is -2.30. The molecule has 0 bridgehead atoms. The van der Waals surface area contributed by atoms with Crippen LogP contribution in [-0.2, 0) is 16.2 Å². The van der Waals surface area contributed by atoms with Gasteiger partial charge in [0.05, 0.1) is 16.4 Å². The van der Waals surface area contributed by atoms with Crippen LogP contribution >= 0.6 is 0 Å². The highest BCUT2D eigenvalue weighted by Gasteiger charge is 2.36. The highest BCUT2D eigenvalue weighted by atomic mass is 32.2. The molecule has 0 N–H and O–H groups in total. The van der Waals surface area contributed by atoms with E-state index >= 15 is 0 Å². The van der Waals surface area contributed by atoms with Gasteiger partial charge in [-0.3, -0.25) is 0 Å². The first-order chi connectivity index (χ1) is 14.6. The van der Waals surface area contributed by atoms with Crippen LogP contribution in [-0.4, -0.2) is 36.0 Å². The molecule has 0 saturated carbocycles. The van der Waals surface area contributed by atoms with E-state index in [4.69, 9.17) is 4.52 Å². The average molecular weight is 455 g/mol. The zero-order valence-electron chi connectivity index (χ0n) is 16.0. The Morgan fingerprint density at radius 3 is 2.55 bits per heavy atom. The first kappa shape index (κ1) is 21.4. The Labute approximate surface area is 175 Å². The number of hydrogen-bond acceptors (Lipinski definition) is 5. The summed E-state index contributed by atoms with van der Waals surface area (Å²) in [5, 5.41) is 3.87. The van der Waals surface area contributed by atoms with Gasteiger partial charge >= 0.3 is 6.18 Å². The number of rotatable bonds is 4. The molecule has 0 spiro atoms. The predicted molar refractivity (Wildman–Crippen MR) is 102 cm³/mol. The fourth-order valence-electron chi connectivity index (χ4n) is 3.46. The van der Waals surface area contributed by atoms with Crippen molar-refractivity contribution in [2.45, 2.75) is 29.8 Å². The van der Waals surface area contributed by atoms with E-state index in [2.05, 4.69) is 10.1 Å². The number of piperidine rings is 1. The second kappa shape index (κ2) is 8.04. The second-order valence-corrected chi connectivity index (χ2v) is 9.13. The number of benzene rings is 2. The Balaban J connectivity index is 1.55. The Kier molecular flexibility index (Phi) is 5.56. The third-order valence-corrected chi connectivity index (χ3v) is 6.94. The molecule has 164 valence electrons. The van der Waals surface area contributed by atoms with Crippen molar-refractivity contribution in [2.75, 3.05) is 13.1 Å². The lowest BCUT2D eigenvalue weighted by atomic mass is 10.00. The minimum Gasteiger partial charge on any atom is -0.339 e. The van der Waals surface area contributed by atoms with Gasteiger partial charge in [-0.15, -0.1) is 0 Å². The van der Waals surface area contributed by atoms with E-state index in [1.165, 1.54) is 24.3 Å². The van der Waals surface area contributed by atoms with Gasteiger partial charge in [0, 0.05) is 18.7 Å². The van der Waals surface area contributed by atoms with Crippen LogP contribution in [0.5, 0.6) is 0 Å². The van der Waals surface area contributed by atoms with E-state index in [-0.39, 0.29) is 24.8 Å². The lowest BCUT2D eigenvalue weighted by Crippen LogP contribution is -2.39. The number of aromatic nitrogens is 2. The summed E-state index contributed by atoms with van der Waals surface area (Å²) < 4.78 is 84.4. The van der Waals surface area contributed by atoms with E-state index in [1.807, 2.05) is 0 Å². The summed E-state index contributed by atoms with van der Waals surface area (Å²) in [6, 6.07) is 9.19. The van der Waals surface area contributed by atoms with E-state index < -0.39 is 38.4 Å². The molecule has 0 unspecified atom stereocenters. The summed E-state index contributed by atoms with van der Waals surface area (Å²) in [6.45, 7) is 0.178. The van der Waals surface area contributed by atoms with Crippen molar-refractivity contribution >= 4 is 10.0 Å². The molecule has 2 heterocycles. The van der Waals surface area contributed by atoms with Crippen molar-refractivity contribution in [3.05, 3.63) is 65.8 Å². The first-order valence-electron chi connectivity index (χ1n) is 9.41. The molecule has 0 amide bonds. The number of hydrogen-bond donors (Lipinski definition) is 0. The summed E-state index contributed by atoms with van der Waals surface area (Å²) in [5.74, 6) is -0.345. The van der Waals surface area contributed by atoms with Gasteiger partial charge in [0.25, 0.3) is 0 Å². The molecular weight excluding hydrogens is 438 g/mol. The monoisotopic (exact) mass is 455 g/mol. The maximum absolute atomic E-state index is 13.1. The maximum atomic E-state index is 13.1. The highest BCUT2D eigenvalue weighted by molar-refractivity contribution is 7.89. The molecule has 0 aliphatic carbocycles. The molecule has 1 fully saturated rings. The largest absolute Gasteiger partial charge is 0.416 e. The molecule has 1 aliphatic heterocycles. The van der Waals surface area contributed by atoms with Gasteiger partial charge in [0.1, 0.15) is 5.82 Å². The second-order valence-electron chi connectivity index (χ2n) is 7.19. The Hall–Kier alpha value is -2.79. The maximum Gasteiger partial charge on any atom is 0.416 e. The zero-order chi connectivity index (χ0) is 22.2. The quantitative estimate of drug-likeness (QED) is 0.543. The van der Waals surface area contributed by atoms with Gasteiger partial charge in [-0.05, 0) is 55.3 Å². The molecule has 4 rings (SSSR count). The Morgan fingerprint density at radius 1 is 1.10 bits per heavy atom. The van der Waals surface area contributed by atoms with Crippen molar-refractivity contribution in [3.8, 4) is 11.4 Å². The molecule has 1 aromatic heterocycles. The molecule has 0 radical (unpaired) electrons. The van der Waals surface area contributed by atoms with Crippen LogP contribution in [0.1, 0.15) is 30.2 Å². The summed E-state index contributed by atoms with van der Waals surface area (Å²) in [7, 11) is -4.13. The summed E-state index contributed by atoms with van der Waals surface area (Å²) >= 11 is 0. The minimum absolute atomic E-state index is 0.00360. The van der Waals surface area contributed by atoms with Crippen molar-refractivity contribution in [2.24, 2.45) is 0 Å². The summed E-state index contributed by atoms with van der Waals surface area (Å²) in [5.41, 5.74) is -0.483. The molecule has 31 heavy (non-hydrogen) atoms. The van der Waals surface area contributed by atoms with Crippen LogP contribution < -0.4 is 0 Å². The third kappa shape index (κ3) is 4.47. The molecular formula is C20H17F4N3O3S. The van der Waals surface area contributed by atoms with Gasteiger partial charge in [-0.25, -0.2) is 12.8 Å². The molecule has 6 nitrogen and oxygen atoms in total. The van der Waals surface area contributed by atoms with E-state index in [0.717, 1.165) is 22.5 Å². The number of alkyl halides is 3. The number of nitrogens with zero attached hydrogens (tertiary/aromatic N) is 3. The van der Waals surface area contributed by atoms with Gasteiger partial charge in [-0.2, -0.15) is 22.5 Å². The summed E-state index contributed by atoms with van der Waals surface area (Å²) in [6.07, 6.45) is -3.58. The van der Waals surface area contributed by atoms with Gasteiger partial charge in [0.15, 0.2) is 0 Å². The molecule has 1 aliphatic rings. The smallest absolute Gasteiger partial charge is 0.339 e. The van der Waals surface area contributed by atoms with Gasteiger partial charge in [0.2, 0.25) is 21.7 Å². The molecule has 11 heteroatoms. The summed E-state index contributed by atoms with van der Waals surface area (Å²) in [4.78, 5) is 3.88. The number of halogens is 4. The van der Waals surface area contributed by atoms with Crippen LogP contribution in [0, 0.1) is 5.82 Å². The fourth-order valence-corrected chi connectivity index (χ4v) is 5.03. The lowest BCUT2D eigenvalue weighted by molar-refractivity contribution is -0.137. The minimum atomic E-state index is -4.64.